The Kier molecular flexibility index (Phi) is 8.58. The molecular weight excluding hydrogens is 460 g/mol. The van der Waals surface area contributed by atoms with Crippen molar-refractivity contribution in [1.82, 2.24) is 0 Å². The van der Waals surface area contributed by atoms with Gasteiger partial charge in [-0.3, -0.25) is 0 Å². The van der Waals surface area contributed by atoms with Crippen LogP contribution in [-0.2, 0) is 0 Å². The molecule has 0 aliphatic heterocycles. The van der Waals surface area contributed by atoms with Crippen LogP contribution in [0.2, 0.25) is 0 Å². The highest BCUT2D eigenvalue weighted by molar-refractivity contribution is 5.35. The fourth-order valence-electron chi connectivity index (χ4n) is 5.61. The first-order chi connectivity index (χ1) is 16.9. The van der Waals surface area contributed by atoms with E-state index in [1.165, 1.54) is 12.1 Å². The van der Waals surface area contributed by atoms with Crippen LogP contribution in [0.25, 0.3) is 0 Å². The summed E-state index contributed by atoms with van der Waals surface area (Å²) in [5, 5.41) is 9.31. The van der Waals surface area contributed by atoms with E-state index in [0.717, 1.165) is 38.5 Å². The summed E-state index contributed by atoms with van der Waals surface area (Å²) in [6, 6.07) is 6.21. The third kappa shape index (κ3) is 5.76. The van der Waals surface area contributed by atoms with E-state index in [1.54, 1.807) is 19.1 Å². The highest BCUT2D eigenvalue weighted by Gasteiger charge is 2.30. The highest BCUT2D eigenvalue weighted by atomic mass is 19.2. The summed E-state index contributed by atoms with van der Waals surface area (Å²) < 4.78 is 68.9. The summed E-state index contributed by atoms with van der Waals surface area (Å²) in [7, 11) is 0. The molecule has 0 heterocycles. The molecule has 4 rings (SSSR count). The molecule has 2 aliphatic carbocycles. The van der Waals surface area contributed by atoms with Gasteiger partial charge in [0, 0.05) is 6.61 Å². The van der Waals surface area contributed by atoms with Crippen molar-refractivity contribution < 1.29 is 32.1 Å². The van der Waals surface area contributed by atoms with E-state index in [4.69, 9.17) is 9.47 Å². The van der Waals surface area contributed by atoms with Crippen molar-refractivity contribution >= 4 is 0 Å². The van der Waals surface area contributed by atoms with Crippen molar-refractivity contribution in [2.24, 2.45) is 11.8 Å². The molecule has 2 aromatic rings. The summed E-state index contributed by atoms with van der Waals surface area (Å²) in [6.45, 7) is 2.32. The zero-order chi connectivity index (χ0) is 24.9. The lowest BCUT2D eigenvalue weighted by atomic mass is 9.76. The number of hydrogen-bond donors (Lipinski definition) is 1. The van der Waals surface area contributed by atoms with Crippen LogP contribution in [0, 0.1) is 35.1 Å². The van der Waals surface area contributed by atoms with Crippen LogP contribution in [0.4, 0.5) is 17.6 Å². The molecule has 0 radical (unpaired) electrons. The zero-order valence-corrected chi connectivity index (χ0v) is 20.2. The van der Waals surface area contributed by atoms with Gasteiger partial charge in [0.2, 0.25) is 11.6 Å². The van der Waals surface area contributed by atoms with Crippen molar-refractivity contribution in [3.8, 4) is 11.5 Å². The minimum Gasteiger partial charge on any atom is -0.491 e. The van der Waals surface area contributed by atoms with Crippen molar-refractivity contribution in [3.05, 3.63) is 58.7 Å². The van der Waals surface area contributed by atoms with E-state index in [9.17, 15) is 18.3 Å². The van der Waals surface area contributed by atoms with Gasteiger partial charge in [0.05, 0.1) is 13.2 Å². The average Bonchev–Trinajstić information content (AvgIpc) is 2.88. The van der Waals surface area contributed by atoms with Crippen LogP contribution in [0.1, 0.15) is 81.3 Å². The van der Waals surface area contributed by atoms with Gasteiger partial charge in [0.15, 0.2) is 23.1 Å². The van der Waals surface area contributed by atoms with E-state index in [0.29, 0.717) is 24.0 Å². The molecule has 0 bridgehead atoms. The smallest absolute Gasteiger partial charge is 0.204 e. The topological polar surface area (TPSA) is 38.7 Å². The van der Waals surface area contributed by atoms with Gasteiger partial charge in [0.1, 0.15) is 0 Å². The second-order valence-corrected chi connectivity index (χ2v) is 9.92. The summed E-state index contributed by atoms with van der Waals surface area (Å²) >= 11 is 0. The highest BCUT2D eigenvalue weighted by Crippen LogP contribution is 2.41. The quantitative estimate of drug-likeness (QED) is 0.393. The Bertz CT molecular complexity index is 996. The van der Waals surface area contributed by atoms with E-state index in [1.807, 2.05) is 0 Å². The monoisotopic (exact) mass is 494 g/mol. The molecule has 0 amide bonds. The lowest BCUT2D eigenvalue weighted by molar-refractivity contribution is 0.181. The maximum absolute atomic E-state index is 15.1. The SMILES string of the molecule is CCOc1ccc(OCC2CCC(c3ccc(C4CCC(CO)CC4)c(F)c3F)CC2)c(F)c1F. The van der Waals surface area contributed by atoms with Gasteiger partial charge in [-0.05, 0) is 105 Å². The van der Waals surface area contributed by atoms with Crippen molar-refractivity contribution in [2.45, 2.75) is 70.1 Å². The molecule has 2 fully saturated rings. The first kappa shape index (κ1) is 25.8. The lowest BCUT2D eigenvalue weighted by Gasteiger charge is -2.30. The molecule has 0 spiro atoms. The van der Waals surface area contributed by atoms with E-state index >= 15 is 4.39 Å². The molecule has 0 atom stereocenters. The number of aliphatic hydroxyl groups excluding tert-OH is 1. The number of halogens is 4. The zero-order valence-electron chi connectivity index (χ0n) is 20.2. The normalized spacial score (nSPS) is 24.9. The maximum atomic E-state index is 15.1. The molecule has 2 saturated carbocycles. The van der Waals surface area contributed by atoms with Crippen LogP contribution in [0.5, 0.6) is 11.5 Å². The largest absolute Gasteiger partial charge is 0.491 e. The van der Waals surface area contributed by atoms with Crippen LogP contribution < -0.4 is 9.47 Å². The standard InChI is InChI=1S/C28H34F4O3/c1-2-34-23-13-14-24(28(32)27(23)31)35-16-18-5-9-20(10-6-18)22-12-11-21(25(29)26(22)30)19-7-3-17(15-33)4-8-19/h11-14,17-20,33H,2-10,15-16H2,1H3. The number of benzene rings is 2. The van der Waals surface area contributed by atoms with Gasteiger partial charge in [0.25, 0.3) is 0 Å². The second kappa shape index (κ2) is 11.6. The fourth-order valence-corrected chi connectivity index (χ4v) is 5.61. The minimum absolute atomic E-state index is 0.00191. The van der Waals surface area contributed by atoms with Gasteiger partial charge in [-0.25, -0.2) is 8.78 Å². The minimum atomic E-state index is -1.06. The summed E-state index contributed by atoms with van der Waals surface area (Å²) in [6.07, 6.45) is 6.05. The van der Waals surface area contributed by atoms with Crippen LogP contribution in [0.15, 0.2) is 24.3 Å². The van der Waals surface area contributed by atoms with Crippen LogP contribution >= 0.6 is 0 Å². The third-order valence-corrected chi connectivity index (χ3v) is 7.76. The number of aliphatic hydroxyl groups is 1. The third-order valence-electron chi connectivity index (χ3n) is 7.76. The van der Waals surface area contributed by atoms with E-state index in [-0.39, 0.29) is 55.0 Å². The number of rotatable bonds is 8. The van der Waals surface area contributed by atoms with Gasteiger partial charge < -0.3 is 14.6 Å². The molecule has 7 heteroatoms. The molecule has 2 aromatic carbocycles. The average molecular weight is 495 g/mol. The molecule has 192 valence electrons. The Morgan fingerprint density at radius 1 is 0.657 bits per heavy atom. The Balaban J connectivity index is 1.32. The fraction of sp³-hybridized carbons (Fsp3) is 0.571. The molecule has 0 saturated heterocycles. The Morgan fingerprint density at radius 3 is 1.57 bits per heavy atom. The first-order valence-electron chi connectivity index (χ1n) is 12.7. The predicted octanol–water partition coefficient (Wildman–Crippen LogP) is 7.26. The first-order valence-corrected chi connectivity index (χ1v) is 12.7. The second-order valence-electron chi connectivity index (χ2n) is 9.92. The molecule has 2 aliphatic rings. The Labute approximate surface area is 204 Å². The van der Waals surface area contributed by atoms with Crippen molar-refractivity contribution in [2.75, 3.05) is 19.8 Å². The predicted molar refractivity (Wildman–Crippen MR) is 126 cm³/mol. The molecule has 3 nitrogen and oxygen atoms in total. The number of hydrogen-bond acceptors (Lipinski definition) is 3. The Hall–Kier alpha value is -2.28. The molecule has 0 unspecified atom stereocenters. The van der Waals surface area contributed by atoms with Gasteiger partial charge in [-0.2, -0.15) is 8.78 Å². The Morgan fingerprint density at radius 2 is 1.11 bits per heavy atom. The summed E-state index contributed by atoms with van der Waals surface area (Å²) in [5.74, 6) is -3.55. The molecule has 1 N–H and O–H groups in total. The van der Waals surface area contributed by atoms with Crippen molar-refractivity contribution in [1.29, 1.82) is 0 Å². The maximum Gasteiger partial charge on any atom is 0.204 e. The van der Waals surface area contributed by atoms with E-state index in [2.05, 4.69) is 0 Å². The molecule has 0 aromatic heterocycles. The number of ether oxygens (including phenoxy) is 2. The lowest BCUT2D eigenvalue weighted by Crippen LogP contribution is -2.21. The van der Waals surface area contributed by atoms with Crippen LogP contribution in [0.3, 0.4) is 0 Å². The van der Waals surface area contributed by atoms with Gasteiger partial charge >= 0.3 is 0 Å². The van der Waals surface area contributed by atoms with Crippen molar-refractivity contribution in [3.63, 3.8) is 0 Å². The van der Waals surface area contributed by atoms with Gasteiger partial charge in [-0.1, -0.05) is 12.1 Å². The van der Waals surface area contributed by atoms with Gasteiger partial charge in [-0.15, -0.1) is 0 Å². The van der Waals surface area contributed by atoms with Crippen LogP contribution in [-0.4, -0.2) is 24.9 Å². The molecular formula is C28H34F4O3. The molecule has 35 heavy (non-hydrogen) atoms. The summed E-state index contributed by atoms with van der Waals surface area (Å²) in [5.41, 5.74) is 0.878. The summed E-state index contributed by atoms with van der Waals surface area (Å²) in [4.78, 5) is 0. The van der Waals surface area contributed by atoms with E-state index < -0.39 is 23.3 Å².